The number of carboxylic acids is 1. The zero-order valence-electron chi connectivity index (χ0n) is 27.9. The number of hydrogen-bond donors (Lipinski definition) is 2. The molecule has 2 N–H and O–H groups in total. The number of carboxylic acid groups (broad SMARTS) is 1. The molecule has 1 fully saturated rings. The molecular weight excluding hydrogens is 576 g/mol. The molecule has 0 bridgehead atoms. The summed E-state index contributed by atoms with van der Waals surface area (Å²) >= 11 is 0. The number of carbonyl (C=O) groups excluding carboxylic acids is 1. The van der Waals surface area contributed by atoms with Gasteiger partial charge >= 0.3 is 5.97 Å². The van der Waals surface area contributed by atoms with E-state index in [9.17, 15) is 14.7 Å². The number of nitrogens with zero attached hydrogens (tertiary/aromatic N) is 1. The molecule has 1 amide bonds. The van der Waals surface area contributed by atoms with Crippen LogP contribution in [0.1, 0.15) is 94.5 Å². The van der Waals surface area contributed by atoms with Crippen LogP contribution in [0, 0.1) is 5.92 Å². The van der Waals surface area contributed by atoms with E-state index < -0.39 is 17.9 Å². The van der Waals surface area contributed by atoms with E-state index >= 15 is 0 Å². The number of ether oxygens (including phenoxy) is 2. The Balaban J connectivity index is 1.37. The van der Waals surface area contributed by atoms with Crippen LogP contribution in [-0.2, 0) is 23.1 Å². The van der Waals surface area contributed by atoms with Crippen LogP contribution in [0.5, 0.6) is 17.2 Å². The first-order valence-corrected chi connectivity index (χ1v) is 16.3. The third kappa shape index (κ3) is 8.65. The van der Waals surface area contributed by atoms with Gasteiger partial charge in [-0.15, -0.1) is 0 Å². The smallest absolute Gasteiger partial charge is 0.326 e. The normalized spacial score (nSPS) is 14.7. The fraction of sp³-hybridized carbons (Fsp3) is 0.410. The average Bonchev–Trinajstić information content (AvgIpc) is 3.50. The second-order valence-electron chi connectivity index (χ2n) is 14.5. The molecule has 242 valence electrons. The van der Waals surface area contributed by atoms with E-state index in [4.69, 9.17) is 14.5 Å². The van der Waals surface area contributed by atoms with Crippen molar-refractivity contribution in [3.63, 3.8) is 0 Å². The van der Waals surface area contributed by atoms with Gasteiger partial charge in [0.2, 0.25) is 0 Å². The zero-order chi connectivity index (χ0) is 33.1. The van der Waals surface area contributed by atoms with Crippen LogP contribution in [0.3, 0.4) is 0 Å². The van der Waals surface area contributed by atoms with Gasteiger partial charge in [-0.1, -0.05) is 76.8 Å². The summed E-state index contributed by atoms with van der Waals surface area (Å²) in [6, 6.07) is 21.9. The van der Waals surface area contributed by atoms with Gasteiger partial charge in [0.05, 0.1) is 0 Å². The number of nitrogens with one attached hydrogen (secondary N) is 1. The lowest BCUT2D eigenvalue weighted by molar-refractivity contribution is -0.139. The Labute approximate surface area is 272 Å². The summed E-state index contributed by atoms with van der Waals surface area (Å²) in [7, 11) is 0. The van der Waals surface area contributed by atoms with Crippen molar-refractivity contribution in [2.45, 2.75) is 97.1 Å². The summed E-state index contributed by atoms with van der Waals surface area (Å²) in [5.74, 6) is 1.05. The minimum atomic E-state index is -1.11. The van der Waals surface area contributed by atoms with Gasteiger partial charge in [-0.05, 0) is 97.5 Å². The highest BCUT2D eigenvalue weighted by Gasteiger charge is 2.24. The first-order valence-electron chi connectivity index (χ1n) is 16.3. The molecule has 0 saturated heterocycles. The molecule has 0 aliphatic heterocycles. The molecule has 1 aromatic heterocycles. The molecule has 0 radical (unpaired) electrons. The third-order valence-corrected chi connectivity index (χ3v) is 8.42. The Bertz CT molecular complexity index is 1680. The van der Waals surface area contributed by atoms with E-state index in [0.29, 0.717) is 17.4 Å². The van der Waals surface area contributed by atoms with Crippen LogP contribution in [0.4, 0.5) is 0 Å². The van der Waals surface area contributed by atoms with Crippen molar-refractivity contribution < 1.29 is 24.2 Å². The molecule has 4 aromatic rings. The predicted molar refractivity (Wildman–Crippen MR) is 182 cm³/mol. The van der Waals surface area contributed by atoms with Gasteiger partial charge < -0.3 is 19.9 Å². The molecule has 5 rings (SSSR count). The van der Waals surface area contributed by atoms with Crippen molar-refractivity contribution >= 4 is 22.6 Å². The van der Waals surface area contributed by atoms with Crippen molar-refractivity contribution in [3.05, 3.63) is 95.3 Å². The quantitative estimate of drug-likeness (QED) is 0.184. The summed E-state index contributed by atoms with van der Waals surface area (Å²) < 4.78 is 12.1. The van der Waals surface area contributed by atoms with E-state index in [2.05, 4.69) is 38.2 Å². The van der Waals surface area contributed by atoms with Crippen molar-refractivity contribution in [3.8, 4) is 17.2 Å². The summed E-state index contributed by atoms with van der Waals surface area (Å²) in [4.78, 5) is 30.6. The average molecular weight is 623 g/mol. The Hall–Kier alpha value is -4.39. The number of benzene rings is 3. The van der Waals surface area contributed by atoms with Crippen LogP contribution in [0.2, 0.25) is 0 Å². The standard InChI is InChI=1S/C39H46N2O5/c1-38(2,3)28-14-19-29(20-15-28)45-31-18-13-27-23-34(40-33(32(27)24-31)21-25-9-7-8-10-25)36(42)41-35(37(43)44)22-26-11-16-30(17-12-26)46-39(4,5)6/h11-20,23-25,35H,7-10,21-22H2,1-6H3,(H,41,42)(H,43,44)/t35-/m0/s1. The third-order valence-electron chi connectivity index (χ3n) is 8.42. The number of amides is 1. The summed E-state index contributed by atoms with van der Waals surface area (Å²) in [6.45, 7) is 12.5. The number of aromatic nitrogens is 1. The Morgan fingerprint density at radius 1 is 0.870 bits per heavy atom. The molecule has 46 heavy (non-hydrogen) atoms. The number of pyridine rings is 1. The number of aliphatic carboxylic acids is 1. The van der Waals surface area contributed by atoms with Gasteiger partial charge in [0.1, 0.15) is 34.6 Å². The Kier molecular flexibility index (Phi) is 9.71. The predicted octanol–water partition coefficient (Wildman–Crippen LogP) is 8.66. The highest BCUT2D eigenvalue weighted by molar-refractivity contribution is 5.99. The monoisotopic (exact) mass is 622 g/mol. The molecule has 7 heteroatoms. The summed E-state index contributed by atoms with van der Waals surface area (Å²) in [5.41, 5.74) is 2.79. The molecule has 3 aromatic carbocycles. The zero-order valence-corrected chi connectivity index (χ0v) is 27.9. The summed E-state index contributed by atoms with van der Waals surface area (Å²) in [6.07, 6.45) is 5.56. The van der Waals surface area contributed by atoms with Gasteiger partial charge in [-0.3, -0.25) is 4.79 Å². The van der Waals surface area contributed by atoms with E-state index in [1.807, 2.05) is 75.4 Å². The topological polar surface area (TPSA) is 97.8 Å². The maximum atomic E-state index is 13.5. The van der Waals surface area contributed by atoms with E-state index in [-0.39, 0.29) is 23.1 Å². The minimum absolute atomic E-state index is 0.0593. The molecule has 1 aliphatic rings. The molecular formula is C39H46N2O5. The lowest BCUT2D eigenvalue weighted by Gasteiger charge is -2.21. The second-order valence-corrected chi connectivity index (χ2v) is 14.5. The first-order chi connectivity index (χ1) is 21.7. The largest absolute Gasteiger partial charge is 0.488 e. The highest BCUT2D eigenvalue weighted by Crippen LogP contribution is 2.33. The maximum Gasteiger partial charge on any atom is 0.326 e. The molecule has 1 heterocycles. The highest BCUT2D eigenvalue weighted by atomic mass is 16.5. The molecule has 1 aliphatic carbocycles. The van der Waals surface area contributed by atoms with E-state index in [1.165, 1.54) is 18.4 Å². The fourth-order valence-corrected chi connectivity index (χ4v) is 5.99. The first kappa shape index (κ1) is 33.0. The van der Waals surface area contributed by atoms with Crippen molar-refractivity contribution in [2.24, 2.45) is 5.92 Å². The molecule has 0 spiro atoms. The molecule has 1 atom stereocenters. The van der Waals surface area contributed by atoms with Crippen LogP contribution in [-0.4, -0.2) is 33.6 Å². The van der Waals surface area contributed by atoms with Gasteiger partial charge in [0.15, 0.2) is 0 Å². The van der Waals surface area contributed by atoms with E-state index in [1.54, 1.807) is 6.07 Å². The van der Waals surface area contributed by atoms with Gasteiger partial charge in [-0.2, -0.15) is 0 Å². The number of fused-ring (bicyclic) bond motifs is 1. The van der Waals surface area contributed by atoms with Gasteiger partial charge in [0, 0.05) is 17.5 Å². The van der Waals surface area contributed by atoms with Crippen molar-refractivity contribution in [1.29, 1.82) is 0 Å². The number of hydrogen-bond acceptors (Lipinski definition) is 5. The van der Waals surface area contributed by atoms with Gasteiger partial charge in [0.25, 0.3) is 5.91 Å². The van der Waals surface area contributed by atoms with Crippen LogP contribution >= 0.6 is 0 Å². The minimum Gasteiger partial charge on any atom is -0.488 e. The summed E-state index contributed by atoms with van der Waals surface area (Å²) in [5, 5.41) is 14.5. The number of rotatable bonds is 10. The second kappa shape index (κ2) is 13.5. The van der Waals surface area contributed by atoms with Crippen LogP contribution in [0.15, 0.2) is 72.8 Å². The fourth-order valence-electron chi connectivity index (χ4n) is 5.99. The molecule has 0 unspecified atom stereocenters. The molecule has 1 saturated carbocycles. The Morgan fingerprint density at radius 3 is 2.11 bits per heavy atom. The lowest BCUT2D eigenvalue weighted by Crippen LogP contribution is -2.42. The van der Waals surface area contributed by atoms with Crippen LogP contribution < -0.4 is 14.8 Å². The van der Waals surface area contributed by atoms with Crippen molar-refractivity contribution in [2.75, 3.05) is 0 Å². The van der Waals surface area contributed by atoms with Crippen LogP contribution in [0.25, 0.3) is 10.8 Å². The lowest BCUT2D eigenvalue weighted by atomic mass is 9.87. The maximum absolute atomic E-state index is 13.5. The van der Waals surface area contributed by atoms with Gasteiger partial charge in [-0.25, -0.2) is 9.78 Å². The van der Waals surface area contributed by atoms with Crippen molar-refractivity contribution in [1.82, 2.24) is 10.3 Å². The number of carbonyl (C=O) groups is 2. The van der Waals surface area contributed by atoms with E-state index in [0.717, 1.165) is 47.0 Å². The SMILES string of the molecule is CC(C)(C)Oc1ccc(C[C@H](NC(=O)c2cc3ccc(Oc4ccc(C(C)(C)C)cc4)cc3c(CC3CCCC3)n2)C(=O)O)cc1. The Morgan fingerprint density at radius 2 is 1.50 bits per heavy atom. The molecule has 7 nitrogen and oxygen atoms in total.